The highest BCUT2D eigenvalue weighted by Crippen LogP contribution is 2.18. The molecule has 0 amide bonds. The molecule has 0 aliphatic rings. The van der Waals surface area contributed by atoms with Gasteiger partial charge in [-0.25, -0.2) is 4.98 Å². The van der Waals surface area contributed by atoms with Crippen molar-refractivity contribution in [3.8, 4) is 5.75 Å². The van der Waals surface area contributed by atoms with Crippen LogP contribution in [0.2, 0.25) is 0 Å². The number of guanidine groups is 1. The number of fused-ring (bicyclic) bond motifs is 1. The van der Waals surface area contributed by atoms with Gasteiger partial charge in [-0.15, -0.1) is 24.0 Å². The van der Waals surface area contributed by atoms with E-state index in [9.17, 15) is 0 Å². The van der Waals surface area contributed by atoms with E-state index < -0.39 is 0 Å². The number of ether oxygens (including phenoxy) is 1. The summed E-state index contributed by atoms with van der Waals surface area (Å²) in [5, 5.41) is 3.38. The third-order valence-electron chi connectivity index (χ3n) is 4.35. The molecule has 3 rings (SSSR count). The molecular weight excluding hydrogens is 453 g/mol. The number of pyridine rings is 1. The SMILES string of the molecule is CN=C(NCc1cn2c(C)cccc2n1)N(C)Cc1ccccc1OC.I. The number of nitrogens with one attached hydrogen (secondary N) is 1. The quantitative estimate of drug-likeness (QED) is 0.346. The van der Waals surface area contributed by atoms with Crippen LogP contribution in [0.5, 0.6) is 5.75 Å². The smallest absolute Gasteiger partial charge is 0.194 e. The molecule has 0 aliphatic carbocycles. The predicted octanol–water partition coefficient (Wildman–Crippen LogP) is 3.48. The lowest BCUT2D eigenvalue weighted by Gasteiger charge is -2.22. The van der Waals surface area contributed by atoms with Crippen LogP contribution in [-0.4, -0.2) is 41.4 Å². The zero-order valence-corrected chi connectivity index (χ0v) is 18.5. The van der Waals surface area contributed by atoms with Crippen LogP contribution in [-0.2, 0) is 13.1 Å². The van der Waals surface area contributed by atoms with Crippen molar-refractivity contribution in [1.29, 1.82) is 0 Å². The van der Waals surface area contributed by atoms with Crippen molar-refractivity contribution in [2.45, 2.75) is 20.0 Å². The Morgan fingerprint density at radius 2 is 2.00 bits per heavy atom. The van der Waals surface area contributed by atoms with Gasteiger partial charge in [0.1, 0.15) is 11.4 Å². The number of benzene rings is 1. The minimum atomic E-state index is 0. The molecule has 0 unspecified atom stereocenters. The van der Waals surface area contributed by atoms with E-state index in [1.54, 1.807) is 14.2 Å². The molecule has 0 fully saturated rings. The van der Waals surface area contributed by atoms with Gasteiger partial charge in [-0.2, -0.15) is 0 Å². The van der Waals surface area contributed by atoms with E-state index in [-0.39, 0.29) is 24.0 Å². The summed E-state index contributed by atoms with van der Waals surface area (Å²) in [7, 11) is 5.49. The second-order valence-electron chi connectivity index (χ2n) is 6.20. The predicted molar refractivity (Wildman–Crippen MR) is 120 cm³/mol. The Bertz CT molecular complexity index is 922. The first kappa shape index (κ1) is 21.0. The highest BCUT2D eigenvalue weighted by atomic mass is 127. The Kier molecular flexibility index (Phi) is 7.46. The zero-order valence-electron chi connectivity index (χ0n) is 16.1. The Morgan fingerprint density at radius 3 is 2.70 bits per heavy atom. The van der Waals surface area contributed by atoms with Crippen LogP contribution in [0.1, 0.15) is 17.0 Å². The first-order chi connectivity index (χ1) is 12.6. The first-order valence-electron chi connectivity index (χ1n) is 8.59. The highest BCUT2D eigenvalue weighted by Gasteiger charge is 2.11. The van der Waals surface area contributed by atoms with E-state index >= 15 is 0 Å². The van der Waals surface area contributed by atoms with Crippen molar-refractivity contribution in [2.75, 3.05) is 21.2 Å². The Hall–Kier alpha value is -2.29. The van der Waals surface area contributed by atoms with Crippen molar-refractivity contribution >= 4 is 35.6 Å². The fourth-order valence-corrected chi connectivity index (χ4v) is 3.00. The molecule has 7 heteroatoms. The maximum Gasteiger partial charge on any atom is 0.194 e. The average Bonchev–Trinajstić information content (AvgIpc) is 3.07. The van der Waals surface area contributed by atoms with E-state index in [2.05, 4.69) is 49.8 Å². The molecule has 1 aromatic carbocycles. The summed E-state index contributed by atoms with van der Waals surface area (Å²) in [5.41, 5.74) is 4.22. The van der Waals surface area contributed by atoms with Gasteiger partial charge in [0.2, 0.25) is 0 Å². The van der Waals surface area contributed by atoms with Crippen molar-refractivity contribution < 1.29 is 4.74 Å². The molecule has 2 heterocycles. The lowest BCUT2D eigenvalue weighted by Crippen LogP contribution is -2.38. The van der Waals surface area contributed by atoms with E-state index in [0.29, 0.717) is 13.1 Å². The summed E-state index contributed by atoms with van der Waals surface area (Å²) < 4.78 is 7.53. The van der Waals surface area contributed by atoms with E-state index in [1.807, 2.05) is 37.4 Å². The van der Waals surface area contributed by atoms with Gasteiger partial charge < -0.3 is 19.4 Å². The largest absolute Gasteiger partial charge is 0.496 e. The second kappa shape index (κ2) is 9.59. The van der Waals surface area contributed by atoms with Crippen molar-refractivity contribution in [2.24, 2.45) is 4.99 Å². The molecular formula is C20H26IN5O. The van der Waals surface area contributed by atoms with Crippen molar-refractivity contribution in [3.63, 3.8) is 0 Å². The number of aliphatic imine (C=N–C) groups is 1. The summed E-state index contributed by atoms with van der Waals surface area (Å²) in [4.78, 5) is 11.1. The summed E-state index contributed by atoms with van der Waals surface area (Å²) in [6.45, 7) is 3.39. The van der Waals surface area contributed by atoms with Crippen molar-refractivity contribution in [1.82, 2.24) is 19.6 Å². The molecule has 0 aliphatic heterocycles. The van der Waals surface area contributed by atoms with Crippen LogP contribution in [0, 0.1) is 6.92 Å². The van der Waals surface area contributed by atoms with E-state index in [0.717, 1.165) is 28.6 Å². The molecule has 0 atom stereocenters. The van der Waals surface area contributed by atoms with Crippen molar-refractivity contribution in [3.05, 3.63) is 65.6 Å². The average molecular weight is 479 g/mol. The molecule has 6 nitrogen and oxygen atoms in total. The Balaban J connectivity index is 0.00000261. The third kappa shape index (κ3) is 4.91. The molecule has 0 saturated heterocycles. The number of aryl methyl sites for hydroxylation is 1. The fraction of sp³-hybridized carbons (Fsp3) is 0.300. The monoisotopic (exact) mass is 479 g/mol. The third-order valence-corrected chi connectivity index (χ3v) is 4.35. The molecule has 3 aromatic rings. The van der Waals surface area contributed by atoms with Crippen LogP contribution in [0.3, 0.4) is 0 Å². The lowest BCUT2D eigenvalue weighted by molar-refractivity contribution is 0.396. The highest BCUT2D eigenvalue weighted by molar-refractivity contribution is 14.0. The standard InChI is InChI=1S/C20H25N5O.HI/c1-15-8-7-11-19-23-17(14-25(15)19)12-22-20(21-2)24(3)13-16-9-5-6-10-18(16)26-4;/h5-11,14H,12-13H2,1-4H3,(H,21,22);1H. The number of halogens is 1. The van der Waals surface area contributed by atoms with Crippen LogP contribution in [0.4, 0.5) is 0 Å². The lowest BCUT2D eigenvalue weighted by atomic mass is 10.2. The molecule has 0 spiro atoms. The van der Waals surface area contributed by atoms with E-state index in [1.165, 1.54) is 5.69 Å². The first-order valence-corrected chi connectivity index (χ1v) is 8.59. The molecule has 2 aromatic heterocycles. The molecule has 0 radical (unpaired) electrons. The normalized spacial score (nSPS) is 11.2. The maximum atomic E-state index is 5.43. The zero-order chi connectivity index (χ0) is 18.5. The molecule has 0 bridgehead atoms. The van der Waals surface area contributed by atoms with Gasteiger partial charge in [-0.05, 0) is 25.1 Å². The van der Waals surface area contributed by atoms with Gasteiger partial charge in [0, 0.05) is 38.1 Å². The Labute approximate surface area is 177 Å². The minimum absolute atomic E-state index is 0. The topological polar surface area (TPSA) is 54.2 Å². The summed E-state index contributed by atoms with van der Waals surface area (Å²) in [6, 6.07) is 14.1. The summed E-state index contributed by atoms with van der Waals surface area (Å²) >= 11 is 0. The number of imidazole rings is 1. The minimum Gasteiger partial charge on any atom is -0.496 e. The Morgan fingerprint density at radius 1 is 1.22 bits per heavy atom. The number of methoxy groups -OCH3 is 1. The summed E-state index contributed by atoms with van der Waals surface area (Å²) in [6.07, 6.45) is 2.06. The molecule has 1 N–H and O–H groups in total. The molecule has 27 heavy (non-hydrogen) atoms. The number of aromatic nitrogens is 2. The van der Waals surface area contributed by atoms with Gasteiger partial charge in [0.05, 0.1) is 19.3 Å². The van der Waals surface area contributed by atoms with Gasteiger partial charge >= 0.3 is 0 Å². The number of nitrogens with zero attached hydrogens (tertiary/aromatic N) is 4. The number of para-hydroxylation sites is 1. The van der Waals surface area contributed by atoms with Gasteiger partial charge in [0.25, 0.3) is 0 Å². The van der Waals surface area contributed by atoms with Crippen LogP contribution in [0.25, 0.3) is 5.65 Å². The fourth-order valence-electron chi connectivity index (χ4n) is 3.00. The molecule has 144 valence electrons. The second-order valence-corrected chi connectivity index (χ2v) is 6.20. The maximum absolute atomic E-state index is 5.43. The van der Waals surface area contributed by atoms with Gasteiger partial charge in [-0.3, -0.25) is 4.99 Å². The van der Waals surface area contributed by atoms with Crippen LogP contribution < -0.4 is 10.1 Å². The van der Waals surface area contributed by atoms with Gasteiger partial charge in [0.15, 0.2) is 5.96 Å². The number of rotatable bonds is 5. The van der Waals surface area contributed by atoms with Crippen LogP contribution >= 0.6 is 24.0 Å². The van der Waals surface area contributed by atoms with Crippen LogP contribution in [0.15, 0.2) is 53.7 Å². The van der Waals surface area contributed by atoms with E-state index in [4.69, 9.17) is 4.74 Å². The number of hydrogen-bond acceptors (Lipinski definition) is 3. The van der Waals surface area contributed by atoms with Gasteiger partial charge in [-0.1, -0.05) is 24.3 Å². The molecule has 0 saturated carbocycles. The number of hydrogen-bond donors (Lipinski definition) is 1. The summed E-state index contributed by atoms with van der Waals surface area (Å²) in [5.74, 6) is 1.69.